The molecule has 4 heteroatoms. The highest BCUT2D eigenvalue weighted by atomic mass is 15.0. The van der Waals surface area contributed by atoms with Gasteiger partial charge in [0, 0.05) is 16.7 Å². The highest BCUT2D eigenvalue weighted by molar-refractivity contribution is 5.74. The predicted octanol–water partition coefficient (Wildman–Crippen LogP) is 13.5. The molecule has 4 saturated carbocycles. The van der Waals surface area contributed by atoms with Crippen molar-refractivity contribution in [3.8, 4) is 73.6 Å². The average Bonchev–Trinajstić information content (AvgIpc) is 3.32. The molecule has 0 radical (unpaired) electrons. The Bertz CT molecular complexity index is 2800. The van der Waals surface area contributed by atoms with E-state index >= 15 is 0 Å². The summed E-state index contributed by atoms with van der Waals surface area (Å²) >= 11 is 0. The van der Waals surface area contributed by atoms with Crippen molar-refractivity contribution in [3.63, 3.8) is 0 Å². The Morgan fingerprint density at radius 1 is 0.383 bits per heavy atom. The lowest BCUT2D eigenvalue weighted by molar-refractivity contribution is -0.0281. The van der Waals surface area contributed by atoms with Crippen molar-refractivity contribution in [3.05, 3.63) is 199 Å². The molecule has 2 unspecified atom stereocenters. The maximum Gasteiger partial charge on any atom is 0.164 e. The minimum atomic E-state index is 0.209. The van der Waals surface area contributed by atoms with Crippen LogP contribution >= 0.6 is 0 Å². The van der Waals surface area contributed by atoms with Gasteiger partial charge in [0.1, 0.15) is 0 Å². The van der Waals surface area contributed by atoms with Gasteiger partial charge in [-0.1, -0.05) is 170 Å². The Kier molecular flexibility index (Phi) is 8.85. The van der Waals surface area contributed by atoms with Crippen molar-refractivity contribution in [2.75, 3.05) is 0 Å². The molecule has 2 atom stereocenters. The summed E-state index contributed by atoms with van der Waals surface area (Å²) in [5, 5.41) is 9.53. The molecule has 0 N–H and O–H groups in total. The van der Waals surface area contributed by atoms with E-state index in [2.05, 4.69) is 109 Å². The topological polar surface area (TPSA) is 62.5 Å². The first kappa shape index (κ1) is 36.1. The van der Waals surface area contributed by atoms with E-state index in [-0.39, 0.29) is 10.8 Å². The molecule has 1 heterocycles. The van der Waals surface area contributed by atoms with Gasteiger partial charge in [-0.3, -0.25) is 0 Å². The second kappa shape index (κ2) is 14.7. The second-order valence-corrected chi connectivity index (χ2v) is 17.6. The third-order valence-corrected chi connectivity index (χ3v) is 13.8. The molecule has 4 bridgehead atoms. The van der Waals surface area contributed by atoms with Gasteiger partial charge in [-0.25, -0.2) is 15.0 Å². The minimum absolute atomic E-state index is 0.209. The van der Waals surface area contributed by atoms with E-state index in [1.54, 1.807) is 0 Å². The first-order valence-electron chi connectivity index (χ1n) is 21.3. The van der Waals surface area contributed by atoms with Crippen molar-refractivity contribution in [2.45, 2.75) is 49.4 Å². The van der Waals surface area contributed by atoms with Crippen LogP contribution in [-0.4, -0.2) is 15.0 Å². The number of hydrogen-bond acceptors (Lipinski definition) is 4. The highest BCUT2D eigenvalue weighted by Crippen LogP contribution is 2.66. The molecule has 4 nitrogen and oxygen atoms in total. The van der Waals surface area contributed by atoms with Gasteiger partial charge in [0.2, 0.25) is 0 Å². The maximum atomic E-state index is 9.53. The van der Waals surface area contributed by atoms with Crippen LogP contribution in [0.5, 0.6) is 0 Å². The summed E-state index contributed by atoms with van der Waals surface area (Å²) in [4.78, 5) is 14.7. The highest BCUT2D eigenvalue weighted by Gasteiger charge is 2.58. The van der Waals surface area contributed by atoms with Crippen molar-refractivity contribution >= 4 is 0 Å². The Morgan fingerprint density at radius 3 is 1.28 bits per heavy atom. The summed E-state index contributed by atoms with van der Waals surface area (Å²) in [6.07, 6.45) is 7.79. The normalized spacial score (nSPS) is 21.4. The van der Waals surface area contributed by atoms with Crippen LogP contribution in [-0.2, 0) is 10.8 Å². The Labute approximate surface area is 352 Å². The van der Waals surface area contributed by atoms with Crippen molar-refractivity contribution in [2.24, 2.45) is 11.8 Å². The van der Waals surface area contributed by atoms with Crippen molar-refractivity contribution < 1.29 is 0 Å². The fourth-order valence-corrected chi connectivity index (χ4v) is 11.4. The predicted molar refractivity (Wildman–Crippen MR) is 242 cm³/mol. The molecule has 1 aromatic heterocycles. The van der Waals surface area contributed by atoms with Crippen molar-refractivity contribution in [1.29, 1.82) is 5.26 Å². The lowest BCUT2D eigenvalue weighted by atomic mass is 9.41. The van der Waals surface area contributed by atoms with E-state index in [0.29, 0.717) is 23.0 Å². The van der Waals surface area contributed by atoms with Crippen LogP contribution in [0.15, 0.2) is 182 Å². The van der Waals surface area contributed by atoms with Gasteiger partial charge in [0.15, 0.2) is 17.5 Å². The van der Waals surface area contributed by atoms with Gasteiger partial charge in [0.25, 0.3) is 0 Å². The molecule has 0 aliphatic heterocycles. The summed E-state index contributed by atoms with van der Waals surface area (Å²) in [7, 11) is 0. The lowest BCUT2D eigenvalue weighted by Gasteiger charge is -2.63. The lowest BCUT2D eigenvalue weighted by Crippen LogP contribution is -2.55. The quantitative estimate of drug-likeness (QED) is 0.154. The molecule has 12 rings (SSSR count). The van der Waals surface area contributed by atoms with E-state index < -0.39 is 0 Å². The Morgan fingerprint density at radius 2 is 0.783 bits per heavy atom. The third-order valence-electron chi connectivity index (χ3n) is 13.8. The van der Waals surface area contributed by atoms with E-state index in [9.17, 15) is 5.26 Å². The maximum absolute atomic E-state index is 9.53. The fourth-order valence-electron chi connectivity index (χ4n) is 11.4. The monoisotopic (exact) mass is 772 g/mol. The zero-order chi connectivity index (χ0) is 40.1. The zero-order valence-corrected chi connectivity index (χ0v) is 33.5. The second-order valence-electron chi connectivity index (χ2n) is 17.6. The van der Waals surface area contributed by atoms with Crippen LogP contribution in [0.4, 0.5) is 0 Å². The molecule has 0 amide bonds. The van der Waals surface area contributed by atoms with E-state index in [1.807, 2.05) is 78.9 Å². The zero-order valence-electron chi connectivity index (χ0n) is 33.5. The van der Waals surface area contributed by atoms with Crippen molar-refractivity contribution in [1.82, 2.24) is 15.0 Å². The van der Waals surface area contributed by atoms with Gasteiger partial charge in [-0.05, 0) is 118 Å². The molecule has 60 heavy (non-hydrogen) atoms. The fraction of sp³-hybridized carbons (Fsp3) is 0.179. The third kappa shape index (κ3) is 6.61. The van der Waals surface area contributed by atoms with Crippen LogP contribution in [0.2, 0.25) is 0 Å². The number of nitrogens with zero attached hydrogens (tertiary/aromatic N) is 4. The van der Waals surface area contributed by atoms with Gasteiger partial charge in [0.05, 0.1) is 11.6 Å². The first-order chi connectivity index (χ1) is 29.5. The van der Waals surface area contributed by atoms with Gasteiger partial charge >= 0.3 is 0 Å². The standard InChI is InChI=1S/C56H44N4/c57-36-38-9-7-14-48(30-38)49-15-8-16-51(31-49)56-34-39-29-40(35-56)33-55(32-39,37-56)50-27-25-44(26-28-50)42-19-17-41(18-20-42)43-21-23-47(24-22-43)54-59-52(45-10-3-1-4-11-45)58-53(60-54)46-12-5-2-6-13-46/h1-28,30-31,39-40H,29,32-35,37H2. The molecule has 4 aliphatic carbocycles. The van der Waals surface area contributed by atoms with Gasteiger partial charge < -0.3 is 0 Å². The molecule has 4 fully saturated rings. The number of rotatable bonds is 8. The number of hydrogen-bond donors (Lipinski definition) is 0. The largest absolute Gasteiger partial charge is 0.208 e. The smallest absolute Gasteiger partial charge is 0.164 e. The van der Waals surface area contributed by atoms with Crippen LogP contribution in [0.1, 0.15) is 55.2 Å². The molecule has 7 aromatic carbocycles. The van der Waals surface area contributed by atoms with Crippen LogP contribution in [0.25, 0.3) is 67.5 Å². The summed E-state index contributed by atoms with van der Waals surface area (Å²) in [6, 6.07) is 67.0. The SMILES string of the molecule is N#Cc1cccc(-c2cccc(C34CC5CC(CC(c6ccc(-c7ccc(-c8ccc(-c9nc(-c%10ccccc%10)nc(-c%10ccccc%10)n9)cc8)cc7)cc6)(C5)C3)C4)c2)c1. The average molecular weight is 773 g/mol. The number of nitriles is 1. The summed E-state index contributed by atoms with van der Waals surface area (Å²) in [6.45, 7) is 0. The molecule has 288 valence electrons. The molecule has 4 aliphatic rings. The Balaban J connectivity index is 0.829. The molecular weight excluding hydrogens is 729 g/mol. The number of benzene rings is 7. The molecule has 0 spiro atoms. The first-order valence-corrected chi connectivity index (χ1v) is 21.3. The molecule has 8 aromatic rings. The van der Waals surface area contributed by atoms with Gasteiger partial charge in [-0.2, -0.15) is 5.26 Å². The summed E-state index contributed by atoms with van der Waals surface area (Å²) in [5.41, 5.74) is 14.2. The van der Waals surface area contributed by atoms with Gasteiger partial charge in [-0.15, -0.1) is 0 Å². The molecule has 0 saturated heterocycles. The van der Waals surface area contributed by atoms with E-state index in [1.165, 1.54) is 71.9 Å². The van der Waals surface area contributed by atoms with E-state index in [0.717, 1.165) is 39.7 Å². The number of aromatic nitrogens is 3. The summed E-state index contributed by atoms with van der Waals surface area (Å²) in [5.74, 6) is 3.53. The summed E-state index contributed by atoms with van der Waals surface area (Å²) < 4.78 is 0. The van der Waals surface area contributed by atoms with Crippen LogP contribution in [0, 0.1) is 23.2 Å². The minimum Gasteiger partial charge on any atom is -0.208 e. The van der Waals surface area contributed by atoms with E-state index in [4.69, 9.17) is 15.0 Å². The Hall–Kier alpha value is -6.96. The van der Waals surface area contributed by atoms with Crippen LogP contribution in [0.3, 0.4) is 0 Å². The van der Waals surface area contributed by atoms with Crippen LogP contribution < -0.4 is 0 Å². The molecular formula is C56H44N4.